The molecule has 8 heteroatoms. The predicted molar refractivity (Wildman–Crippen MR) is 96.2 cm³/mol. The minimum absolute atomic E-state index is 0.0761. The van der Waals surface area contributed by atoms with Crippen LogP contribution in [0.2, 0.25) is 5.02 Å². The lowest BCUT2D eigenvalue weighted by Crippen LogP contribution is -2.11. The number of phenolic OH excluding ortho intramolecular Hbond substituents is 1. The van der Waals surface area contributed by atoms with Crippen LogP contribution in [0.15, 0.2) is 36.4 Å². The zero-order valence-corrected chi connectivity index (χ0v) is 14.3. The van der Waals surface area contributed by atoms with Gasteiger partial charge in [-0.1, -0.05) is 23.4 Å². The van der Waals surface area contributed by atoms with E-state index < -0.39 is 5.91 Å². The number of aromatic hydroxyl groups is 1. The number of benzene rings is 2. The maximum atomic E-state index is 11.2. The summed E-state index contributed by atoms with van der Waals surface area (Å²) < 4.78 is 0. The maximum absolute atomic E-state index is 11.2. The molecular formula is C18H14ClN5O2. The van der Waals surface area contributed by atoms with E-state index in [1.54, 1.807) is 6.07 Å². The third kappa shape index (κ3) is 4.18. The number of amides is 1. The molecule has 3 rings (SSSR count). The fraction of sp³-hybridized carbons (Fsp3) is 0.111. The van der Waals surface area contributed by atoms with Crippen LogP contribution in [-0.4, -0.2) is 31.6 Å². The summed E-state index contributed by atoms with van der Waals surface area (Å²) in [6.07, 6.45) is 0.638. The Labute approximate surface area is 154 Å². The molecule has 1 heterocycles. The highest BCUT2D eigenvalue weighted by Crippen LogP contribution is 2.22. The van der Waals surface area contributed by atoms with Crippen LogP contribution in [0.5, 0.6) is 5.75 Å². The van der Waals surface area contributed by atoms with Crippen molar-refractivity contribution in [3.63, 3.8) is 0 Å². The molecule has 0 fully saturated rings. The molecular weight excluding hydrogens is 354 g/mol. The first kappa shape index (κ1) is 17.5. The highest BCUT2D eigenvalue weighted by molar-refractivity contribution is 6.31. The van der Waals surface area contributed by atoms with Gasteiger partial charge >= 0.3 is 0 Å². The molecule has 130 valence electrons. The van der Waals surface area contributed by atoms with Crippen molar-refractivity contribution >= 4 is 17.5 Å². The van der Waals surface area contributed by atoms with Crippen molar-refractivity contribution in [3.05, 3.63) is 58.1 Å². The number of tetrazole rings is 1. The first-order valence-corrected chi connectivity index (χ1v) is 8.06. The van der Waals surface area contributed by atoms with E-state index in [4.69, 9.17) is 17.3 Å². The Hall–Kier alpha value is -3.37. The first-order chi connectivity index (χ1) is 12.5. The second-order valence-corrected chi connectivity index (χ2v) is 5.89. The molecule has 26 heavy (non-hydrogen) atoms. The topological polar surface area (TPSA) is 118 Å². The Morgan fingerprint density at radius 1 is 1.19 bits per heavy atom. The number of carbonyl (C=O) groups is 1. The Kier molecular flexibility index (Phi) is 5.15. The highest BCUT2D eigenvalue weighted by atomic mass is 35.5. The van der Waals surface area contributed by atoms with Crippen LogP contribution in [0, 0.1) is 11.8 Å². The van der Waals surface area contributed by atoms with E-state index in [1.165, 1.54) is 12.1 Å². The minimum atomic E-state index is -0.393. The predicted octanol–water partition coefficient (Wildman–Crippen LogP) is 2.04. The molecule has 1 amide bonds. The third-order valence-electron chi connectivity index (χ3n) is 3.63. The van der Waals surface area contributed by atoms with Crippen molar-refractivity contribution in [2.45, 2.75) is 12.8 Å². The van der Waals surface area contributed by atoms with Crippen LogP contribution in [0.3, 0.4) is 0 Å². The summed E-state index contributed by atoms with van der Waals surface area (Å²) in [5, 5.41) is 23.6. The van der Waals surface area contributed by atoms with E-state index in [-0.39, 0.29) is 12.2 Å². The van der Waals surface area contributed by atoms with Gasteiger partial charge < -0.3 is 10.8 Å². The van der Waals surface area contributed by atoms with Gasteiger partial charge in [0.05, 0.1) is 5.02 Å². The molecule has 0 spiro atoms. The zero-order chi connectivity index (χ0) is 18.5. The van der Waals surface area contributed by atoms with Crippen LogP contribution < -0.4 is 5.73 Å². The van der Waals surface area contributed by atoms with Gasteiger partial charge in [-0.25, -0.2) is 0 Å². The van der Waals surface area contributed by atoms with Crippen LogP contribution in [0.4, 0.5) is 0 Å². The summed E-state index contributed by atoms with van der Waals surface area (Å²) >= 11 is 6.08. The second kappa shape index (κ2) is 7.68. The van der Waals surface area contributed by atoms with Gasteiger partial charge in [-0.05, 0) is 53.6 Å². The van der Waals surface area contributed by atoms with Gasteiger partial charge in [-0.15, -0.1) is 10.2 Å². The number of H-pyrrole nitrogens is 1. The molecule has 0 radical (unpaired) electrons. The summed E-state index contributed by atoms with van der Waals surface area (Å²) in [5.41, 5.74) is 8.19. The number of aryl methyl sites for hydroxylation is 1. The van der Waals surface area contributed by atoms with E-state index in [2.05, 4.69) is 32.5 Å². The molecule has 0 saturated carbocycles. The molecule has 0 aliphatic rings. The van der Waals surface area contributed by atoms with Crippen LogP contribution in [0.25, 0.3) is 11.4 Å². The van der Waals surface area contributed by atoms with Crippen molar-refractivity contribution < 1.29 is 9.90 Å². The van der Waals surface area contributed by atoms with E-state index in [9.17, 15) is 9.90 Å². The lowest BCUT2D eigenvalue weighted by molar-refractivity contribution is -0.117. The Morgan fingerprint density at radius 3 is 2.65 bits per heavy atom. The zero-order valence-electron chi connectivity index (χ0n) is 13.5. The minimum Gasteiger partial charge on any atom is -0.508 e. The Balaban J connectivity index is 1.97. The van der Waals surface area contributed by atoms with Crippen LogP contribution in [0.1, 0.15) is 23.1 Å². The number of nitrogens with zero attached hydrogens (tertiary/aromatic N) is 3. The molecule has 4 N–H and O–H groups in total. The van der Waals surface area contributed by atoms with E-state index in [0.29, 0.717) is 22.8 Å². The molecule has 0 bridgehead atoms. The SMILES string of the molecule is NC(=O)CCc1cc(-c2nn[nH]n2)ccc1C#Cc1ccc(O)cc1Cl. The van der Waals surface area contributed by atoms with Crippen molar-refractivity contribution in [1.29, 1.82) is 0 Å². The number of aromatic nitrogens is 4. The summed E-state index contributed by atoms with van der Waals surface area (Å²) in [6.45, 7) is 0. The molecule has 2 aromatic carbocycles. The van der Waals surface area contributed by atoms with Gasteiger partial charge in [-0.2, -0.15) is 5.21 Å². The summed E-state index contributed by atoms with van der Waals surface area (Å²) in [7, 11) is 0. The fourth-order valence-corrected chi connectivity index (χ4v) is 2.57. The molecule has 1 aromatic heterocycles. The molecule has 7 nitrogen and oxygen atoms in total. The normalized spacial score (nSPS) is 10.2. The van der Waals surface area contributed by atoms with E-state index in [1.807, 2.05) is 18.2 Å². The fourth-order valence-electron chi connectivity index (χ4n) is 2.34. The molecule has 0 saturated heterocycles. The molecule has 0 unspecified atom stereocenters. The number of carbonyl (C=O) groups excluding carboxylic acids is 1. The summed E-state index contributed by atoms with van der Waals surface area (Å²) in [5.74, 6) is 6.17. The van der Waals surface area contributed by atoms with Crippen molar-refractivity contribution in [2.75, 3.05) is 0 Å². The number of hydrogen-bond acceptors (Lipinski definition) is 5. The summed E-state index contributed by atoms with van der Waals surface area (Å²) in [4.78, 5) is 11.2. The number of primary amides is 1. The number of rotatable bonds is 4. The standard InChI is InChI=1S/C18H14ClN5O2/c19-16-10-15(25)7-5-12(16)3-1-11-2-4-14(18-21-23-24-22-18)9-13(11)6-8-17(20)26/h2,4-5,7,9-10,25H,6,8H2,(H2,20,26)(H,21,22,23,24). The van der Waals surface area contributed by atoms with E-state index in [0.717, 1.165) is 16.7 Å². The lowest BCUT2D eigenvalue weighted by Gasteiger charge is -2.06. The van der Waals surface area contributed by atoms with Crippen LogP contribution >= 0.6 is 11.6 Å². The lowest BCUT2D eigenvalue weighted by atomic mass is 9.99. The van der Waals surface area contributed by atoms with Gasteiger partial charge in [0.2, 0.25) is 11.7 Å². The molecule has 0 aliphatic carbocycles. The Bertz CT molecular complexity index is 1010. The average molecular weight is 368 g/mol. The average Bonchev–Trinajstić information content (AvgIpc) is 3.14. The van der Waals surface area contributed by atoms with Crippen molar-refractivity contribution in [2.24, 2.45) is 5.73 Å². The molecule has 0 atom stereocenters. The number of aromatic amines is 1. The van der Waals surface area contributed by atoms with E-state index >= 15 is 0 Å². The monoisotopic (exact) mass is 367 g/mol. The Morgan fingerprint density at radius 2 is 1.96 bits per heavy atom. The quantitative estimate of drug-likeness (QED) is 0.610. The van der Waals surface area contributed by atoms with Gasteiger partial charge in [-0.3, -0.25) is 4.79 Å². The summed E-state index contributed by atoms with van der Waals surface area (Å²) in [6, 6.07) is 10.1. The number of hydrogen-bond donors (Lipinski definition) is 3. The van der Waals surface area contributed by atoms with Crippen LogP contribution in [-0.2, 0) is 11.2 Å². The molecule has 0 aliphatic heterocycles. The third-order valence-corrected chi connectivity index (χ3v) is 3.95. The molecule has 3 aromatic rings. The smallest absolute Gasteiger partial charge is 0.217 e. The number of phenols is 1. The number of nitrogens with one attached hydrogen (secondary N) is 1. The highest BCUT2D eigenvalue weighted by Gasteiger charge is 2.09. The number of nitrogens with two attached hydrogens (primary N) is 1. The van der Waals surface area contributed by atoms with Gasteiger partial charge in [0.15, 0.2) is 0 Å². The number of halogens is 1. The van der Waals surface area contributed by atoms with Crippen molar-refractivity contribution in [3.8, 4) is 29.0 Å². The first-order valence-electron chi connectivity index (χ1n) is 7.68. The largest absolute Gasteiger partial charge is 0.508 e. The maximum Gasteiger partial charge on any atom is 0.217 e. The van der Waals surface area contributed by atoms with Gasteiger partial charge in [0.25, 0.3) is 0 Å². The van der Waals surface area contributed by atoms with Gasteiger partial charge in [0, 0.05) is 23.1 Å². The second-order valence-electron chi connectivity index (χ2n) is 5.49. The van der Waals surface area contributed by atoms with Gasteiger partial charge in [0.1, 0.15) is 5.75 Å². The van der Waals surface area contributed by atoms with Crippen molar-refractivity contribution in [1.82, 2.24) is 20.6 Å².